The first-order valence-corrected chi connectivity index (χ1v) is 4.97. The quantitative estimate of drug-likeness (QED) is 0.427. The maximum absolute atomic E-state index is 10.7. The third kappa shape index (κ3) is 2.42. The molecule has 14 heteroatoms. The molecular weight excluding hydrogens is 276 g/mol. The molecule has 0 spiro atoms. The van der Waals surface area contributed by atoms with Crippen molar-refractivity contribution < 1.29 is 9.85 Å². The van der Waals surface area contributed by atoms with Crippen LogP contribution in [-0.4, -0.2) is 39.6 Å². The van der Waals surface area contributed by atoms with Crippen LogP contribution in [-0.2, 0) is 0 Å². The summed E-state index contributed by atoms with van der Waals surface area (Å²) in [5.41, 5.74) is 0. The van der Waals surface area contributed by atoms with Gasteiger partial charge < -0.3 is 20.2 Å². The van der Waals surface area contributed by atoms with Crippen molar-refractivity contribution in [3.63, 3.8) is 0 Å². The van der Waals surface area contributed by atoms with E-state index in [1.807, 2.05) is 0 Å². The van der Waals surface area contributed by atoms with Crippen molar-refractivity contribution in [1.82, 2.24) is 29.7 Å². The summed E-state index contributed by atoms with van der Waals surface area (Å²) in [6, 6.07) is 0. The molecule has 104 valence electrons. The molecule has 0 unspecified atom stereocenters. The Kier molecular flexibility index (Phi) is 3.11. The largest absolute Gasteiger partial charge is 0.493 e. The van der Waals surface area contributed by atoms with Gasteiger partial charge in [0.1, 0.15) is 0 Å². The molecule has 0 aromatic carbocycles. The van der Waals surface area contributed by atoms with Gasteiger partial charge in [-0.05, 0) is 29.7 Å². The zero-order valence-corrected chi connectivity index (χ0v) is 10.1. The van der Waals surface area contributed by atoms with Crippen molar-refractivity contribution in [2.45, 2.75) is 13.8 Å². The van der Waals surface area contributed by atoms with E-state index in [0.717, 1.165) is 4.79 Å². The lowest BCUT2D eigenvalue weighted by Crippen LogP contribution is -2.01. The highest BCUT2D eigenvalue weighted by Crippen LogP contribution is 2.09. The van der Waals surface area contributed by atoms with Crippen molar-refractivity contribution >= 4 is 11.9 Å². The summed E-state index contributed by atoms with van der Waals surface area (Å²) in [6.45, 7) is 2.84. The second-order valence-electron chi connectivity index (χ2n) is 3.39. The third-order valence-electron chi connectivity index (χ3n) is 1.95. The summed E-state index contributed by atoms with van der Waals surface area (Å²) < 4.78 is 0. The first kappa shape index (κ1) is 13.1. The monoisotopic (exact) mass is 282 g/mol. The minimum Gasteiger partial charge on any atom is -0.390 e. The van der Waals surface area contributed by atoms with Gasteiger partial charge in [0.25, 0.3) is 0 Å². The minimum absolute atomic E-state index is 0.0833. The zero-order chi connectivity index (χ0) is 14.9. The normalized spacial score (nSPS) is 11.1. The van der Waals surface area contributed by atoms with Crippen LogP contribution in [0.5, 0.6) is 0 Å². The zero-order valence-electron chi connectivity index (χ0n) is 10.1. The third-order valence-corrected chi connectivity index (χ3v) is 1.95. The summed E-state index contributed by atoms with van der Waals surface area (Å²) in [4.78, 5) is 27.9. The Morgan fingerprint density at radius 3 is 2.20 bits per heavy atom. The first-order chi connectivity index (χ1) is 9.38. The Morgan fingerprint density at radius 2 is 1.65 bits per heavy atom. The molecule has 0 atom stereocenters. The Bertz CT molecular complexity index is 713. The number of nitrogens with zero attached hydrogens (tertiary/aromatic N) is 10. The number of aromatic nitrogens is 6. The van der Waals surface area contributed by atoms with Gasteiger partial charge in [-0.15, -0.1) is 0 Å². The van der Waals surface area contributed by atoms with E-state index in [0.29, 0.717) is 4.79 Å². The van der Waals surface area contributed by atoms with E-state index in [1.165, 1.54) is 13.8 Å². The van der Waals surface area contributed by atoms with Crippen molar-refractivity contribution in [3.8, 4) is 0 Å². The Balaban J connectivity index is 2.34. The molecule has 0 fully saturated rings. The predicted octanol–water partition coefficient (Wildman–Crippen LogP) is -0.0186. The Morgan fingerprint density at radius 1 is 1.00 bits per heavy atom. The van der Waals surface area contributed by atoms with Gasteiger partial charge >= 0.3 is 11.9 Å². The standard InChI is InChI=1S/C6H6N10O4/c1-3-7-6(16(19)20)14(9-3)12-11-13-4(2)8-5(10-13)15(17)18/h1-2H3/b12-11+. The number of aryl methyl sites for hydroxylation is 2. The fourth-order valence-corrected chi connectivity index (χ4v) is 1.17. The van der Waals surface area contributed by atoms with E-state index in [1.54, 1.807) is 0 Å². The molecule has 2 rings (SSSR count). The molecule has 0 aliphatic heterocycles. The topological polar surface area (TPSA) is 172 Å². The van der Waals surface area contributed by atoms with Crippen LogP contribution in [0.15, 0.2) is 10.4 Å². The average Bonchev–Trinajstić information content (AvgIpc) is 2.90. The summed E-state index contributed by atoms with van der Waals surface area (Å²) >= 11 is 0. The molecule has 0 N–H and O–H groups in total. The number of rotatable bonds is 4. The highest BCUT2D eigenvalue weighted by molar-refractivity contribution is 5.04. The van der Waals surface area contributed by atoms with Gasteiger partial charge in [0, 0.05) is 29.1 Å². The Labute approximate surface area is 109 Å². The van der Waals surface area contributed by atoms with Crippen LogP contribution in [0, 0.1) is 34.1 Å². The van der Waals surface area contributed by atoms with Crippen molar-refractivity contribution in [2.24, 2.45) is 10.4 Å². The lowest BCUT2D eigenvalue weighted by Gasteiger charge is -1.89. The van der Waals surface area contributed by atoms with Gasteiger partial charge in [0.15, 0.2) is 0 Å². The van der Waals surface area contributed by atoms with Crippen molar-refractivity contribution in [1.29, 1.82) is 0 Å². The van der Waals surface area contributed by atoms with Crippen LogP contribution in [0.4, 0.5) is 11.9 Å². The van der Waals surface area contributed by atoms with E-state index in [9.17, 15) is 20.2 Å². The van der Waals surface area contributed by atoms with Gasteiger partial charge in [-0.25, -0.2) is 0 Å². The van der Waals surface area contributed by atoms with E-state index in [-0.39, 0.29) is 11.6 Å². The van der Waals surface area contributed by atoms with E-state index >= 15 is 0 Å². The van der Waals surface area contributed by atoms with Crippen LogP contribution in [0.1, 0.15) is 11.6 Å². The van der Waals surface area contributed by atoms with Gasteiger partial charge in [-0.3, -0.25) is 0 Å². The van der Waals surface area contributed by atoms with Gasteiger partial charge in [0.05, 0.1) is 5.10 Å². The molecule has 2 aromatic rings. The molecule has 14 nitrogen and oxygen atoms in total. The summed E-state index contributed by atoms with van der Waals surface area (Å²) in [7, 11) is 0. The lowest BCUT2D eigenvalue weighted by atomic mass is 10.7. The molecule has 20 heavy (non-hydrogen) atoms. The van der Waals surface area contributed by atoms with E-state index in [2.05, 4.69) is 30.6 Å². The molecule has 0 saturated heterocycles. The smallest absolute Gasteiger partial charge is 0.390 e. The number of hydrogen-bond donors (Lipinski definition) is 0. The summed E-state index contributed by atoms with van der Waals surface area (Å²) in [6.07, 6.45) is 0. The molecule has 0 aliphatic rings. The SMILES string of the molecule is Cc1nc([N+](=O)[O-])n(/N=N/n2nc([N+](=O)[O-])nc2C)n1. The fourth-order valence-electron chi connectivity index (χ4n) is 1.17. The summed E-state index contributed by atoms with van der Waals surface area (Å²) in [5.74, 6) is -1.10. The molecular formula is C6H6N10O4. The Hall–Kier alpha value is -3.32. The first-order valence-electron chi connectivity index (χ1n) is 4.97. The molecule has 2 aromatic heterocycles. The van der Waals surface area contributed by atoms with Gasteiger partial charge in [-0.2, -0.15) is 0 Å². The van der Waals surface area contributed by atoms with Crippen LogP contribution >= 0.6 is 0 Å². The number of nitro groups is 2. The molecule has 0 saturated carbocycles. The lowest BCUT2D eigenvalue weighted by molar-refractivity contribution is -0.397. The molecule has 0 aliphatic carbocycles. The van der Waals surface area contributed by atoms with Crippen LogP contribution in [0.3, 0.4) is 0 Å². The minimum atomic E-state index is -0.804. The van der Waals surface area contributed by atoms with Gasteiger partial charge in [0.2, 0.25) is 11.6 Å². The van der Waals surface area contributed by atoms with Crippen LogP contribution in [0.25, 0.3) is 0 Å². The highest BCUT2D eigenvalue weighted by atomic mass is 16.6. The predicted molar refractivity (Wildman–Crippen MR) is 58.5 cm³/mol. The molecule has 0 amide bonds. The van der Waals surface area contributed by atoms with E-state index < -0.39 is 21.7 Å². The van der Waals surface area contributed by atoms with Crippen LogP contribution in [0.2, 0.25) is 0 Å². The second kappa shape index (κ2) is 4.75. The second-order valence-corrected chi connectivity index (χ2v) is 3.39. The van der Waals surface area contributed by atoms with Crippen molar-refractivity contribution in [3.05, 3.63) is 31.9 Å². The average molecular weight is 282 g/mol. The maximum Gasteiger partial charge on any atom is 0.493 e. The van der Waals surface area contributed by atoms with E-state index in [4.69, 9.17) is 0 Å². The molecule has 2 heterocycles. The molecule has 0 radical (unpaired) electrons. The molecule has 0 bridgehead atoms. The highest BCUT2D eigenvalue weighted by Gasteiger charge is 2.21. The summed E-state index contributed by atoms with van der Waals surface area (Å²) in [5, 5.41) is 35.0. The fraction of sp³-hybridized carbons (Fsp3) is 0.333. The van der Waals surface area contributed by atoms with Crippen molar-refractivity contribution in [2.75, 3.05) is 0 Å². The van der Waals surface area contributed by atoms with Gasteiger partial charge in [-0.1, -0.05) is 0 Å². The maximum atomic E-state index is 10.7. The van der Waals surface area contributed by atoms with Crippen LogP contribution < -0.4 is 0 Å². The number of hydrogen-bond acceptors (Lipinski definition) is 10.